The Bertz CT molecular complexity index is 896. The number of nitrogens with zero attached hydrogens (tertiary/aromatic N) is 2. The molecule has 1 aliphatic heterocycles. The molecule has 146 valence electrons. The van der Waals surface area contributed by atoms with E-state index < -0.39 is 5.91 Å². The van der Waals surface area contributed by atoms with Crippen LogP contribution in [0.15, 0.2) is 42.7 Å². The molecule has 3 rings (SSSR count). The summed E-state index contributed by atoms with van der Waals surface area (Å²) in [5, 5.41) is 2.90. The zero-order valence-electron chi connectivity index (χ0n) is 16.0. The van der Waals surface area contributed by atoms with Crippen molar-refractivity contribution in [3.8, 4) is 0 Å². The van der Waals surface area contributed by atoms with Gasteiger partial charge in [0, 0.05) is 30.5 Å². The van der Waals surface area contributed by atoms with Crippen LogP contribution >= 0.6 is 0 Å². The van der Waals surface area contributed by atoms with Crippen LogP contribution in [0.5, 0.6) is 0 Å². The molecule has 0 aliphatic carbocycles. The Kier molecular flexibility index (Phi) is 5.84. The van der Waals surface area contributed by atoms with Gasteiger partial charge in [0.05, 0.1) is 17.7 Å². The van der Waals surface area contributed by atoms with Crippen molar-refractivity contribution in [2.24, 2.45) is 11.7 Å². The molecule has 0 saturated heterocycles. The molecule has 1 aliphatic rings. The smallest absolute Gasteiger partial charge is 0.261 e. The lowest BCUT2D eigenvalue weighted by Gasteiger charge is -2.18. The highest BCUT2D eigenvalue weighted by molar-refractivity contribution is 6.22. The predicted molar refractivity (Wildman–Crippen MR) is 105 cm³/mol. The first-order valence-electron chi connectivity index (χ1n) is 9.30. The van der Waals surface area contributed by atoms with E-state index in [1.165, 1.54) is 17.0 Å². The zero-order valence-corrected chi connectivity index (χ0v) is 16.0. The van der Waals surface area contributed by atoms with Gasteiger partial charge in [-0.15, -0.1) is 0 Å². The molecule has 1 aromatic carbocycles. The molecule has 1 atom stereocenters. The van der Waals surface area contributed by atoms with Crippen LogP contribution in [0.3, 0.4) is 0 Å². The van der Waals surface area contributed by atoms with Gasteiger partial charge in [-0.05, 0) is 48.2 Å². The third kappa shape index (κ3) is 4.09. The van der Waals surface area contributed by atoms with Crippen molar-refractivity contribution in [3.05, 3.63) is 65.0 Å². The molecular weight excluding hydrogens is 356 g/mol. The number of pyridine rings is 1. The lowest BCUT2D eigenvalue weighted by Crippen LogP contribution is -2.41. The molecule has 0 bridgehead atoms. The number of hydrogen-bond acceptors (Lipinski definition) is 5. The number of benzene rings is 1. The highest BCUT2D eigenvalue weighted by Crippen LogP contribution is 2.25. The second kappa shape index (κ2) is 8.31. The summed E-state index contributed by atoms with van der Waals surface area (Å²) in [7, 11) is 0. The van der Waals surface area contributed by atoms with Gasteiger partial charge in [-0.3, -0.25) is 24.3 Å². The molecule has 0 spiro atoms. The van der Waals surface area contributed by atoms with Gasteiger partial charge in [-0.1, -0.05) is 13.8 Å². The number of amides is 3. The Morgan fingerprint density at radius 3 is 2.43 bits per heavy atom. The van der Waals surface area contributed by atoms with Crippen LogP contribution in [-0.2, 0) is 6.54 Å². The quantitative estimate of drug-likeness (QED) is 0.715. The number of carbonyl (C=O) groups is 3. The van der Waals surface area contributed by atoms with Gasteiger partial charge in [0.15, 0.2) is 0 Å². The van der Waals surface area contributed by atoms with Crippen LogP contribution < -0.4 is 11.1 Å². The number of aromatic nitrogens is 1. The second-order valence-corrected chi connectivity index (χ2v) is 7.35. The monoisotopic (exact) mass is 380 g/mol. The number of hydrogen-bond donors (Lipinski definition) is 2. The van der Waals surface area contributed by atoms with Crippen LogP contribution in [0.4, 0.5) is 0 Å². The van der Waals surface area contributed by atoms with Gasteiger partial charge in [-0.25, -0.2) is 0 Å². The zero-order chi connectivity index (χ0) is 20.3. The van der Waals surface area contributed by atoms with Crippen LogP contribution in [-0.4, -0.2) is 40.2 Å². The molecule has 0 radical (unpaired) electrons. The molecule has 1 aromatic heterocycles. The Labute approximate surface area is 163 Å². The lowest BCUT2D eigenvalue weighted by molar-refractivity contribution is 0.0642. The first-order chi connectivity index (χ1) is 13.4. The van der Waals surface area contributed by atoms with E-state index in [1.54, 1.807) is 30.6 Å². The summed E-state index contributed by atoms with van der Waals surface area (Å²) in [6.07, 6.45) is 3.99. The largest absolute Gasteiger partial charge is 0.348 e. The van der Waals surface area contributed by atoms with Crippen LogP contribution in [0.2, 0.25) is 0 Å². The first-order valence-corrected chi connectivity index (χ1v) is 9.30. The van der Waals surface area contributed by atoms with E-state index in [1.807, 2.05) is 0 Å². The minimum absolute atomic E-state index is 0.138. The van der Waals surface area contributed by atoms with Crippen molar-refractivity contribution >= 4 is 17.7 Å². The highest BCUT2D eigenvalue weighted by Gasteiger charge is 2.36. The maximum absolute atomic E-state index is 12.7. The average molecular weight is 380 g/mol. The predicted octanol–water partition coefficient (Wildman–Crippen LogP) is 1.98. The minimum atomic E-state index is -0.399. The summed E-state index contributed by atoms with van der Waals surface area (Å²) < 4.78 is 0. The fourth-order valence-electron chi connectivity index (χ4n) is 3.30. The fourth-order valence-corrected chi connectivity index (χ4v) is 3.30. The number of nitrogens with two attached hydrogens (primary N) is 1. The van der Waals surface area contributed by atoms with E-state index in [0.717, 1.165) is 12.0 Å². The van der Waals surface area contributed by atoms with Gasteiger partial charge in [0.25, 0.3) is 17.7 Å². The summed E-state index contributed by atoms with van der Waals surface area (Å²) in [4.78, 5) is 43.0. The maximum atomic E-state index is 12.7. The molecule has 1 unspecified atom stereocenters. The van der Waals surface area contributed by atoms with Gasteiger partial charge in [0.1, 0.15) is 0 Å². The van der Waals surface area contributed by atoms with Gasteiger partial charge in [0.2, 0.25) is 0 Å². The number of imide groups is 1. The van der Waals surface area contributed by atoms with Crippen LogP contribution in [0.1, 0.15) is 56.9 Å². The molecular formula is C21H24N4O3. The van der Waals surface area contributed by atoms with Crippen LogP contribution in [0.25, 0.3) is 0 Å². The van der Waals surface area contributed by atoms with E-state index in [-0.39, 0.29) is 30.0 Å². The average Bonchev–Trinajstić information content (AvgIpc) is 2.92. The Hall–Kier alpha value is -3.06. The Balaban J connectivity index is 1.78. The summed E-state index contributed by atoms with van der Waals surface area (Å²) in [5.41, 5.74) is 7.46. The molecule has 3 N–H and O–H groups in total. The molecule has 2 aromatic rings. The van der Waals surface area contributed by atoms with E-state index in [2.05, 4.69) is 24.1 Å². The topological polar surface area (TPSA) is 105 Å². The SMILES string of the molecule is CC(C)CC(CN)NC(=O)c1ccc2c(c1)C(=O)N(Cc1ccncc1)C2=O. The Morgan fingerprint density at radius 2 is 1.79 bits per heavy atom. The second-order valence-electron chi connectivity index (χ2n) is 7.35. The van der Waals surface area contributed by atoms with Gasteiger partial charge < -0.3 is 11.1 Å². The third-order valence-electron chi connectivity index (χ3n) is 4.70. The van der Waals surface area contributed by atoms with Crippen molar-refractivity contribution in [1.82, 2.24) is 15.2 Å². The molecule has 28 heavy (non-hydrogen) atoms. The Morgan fingerprint density at radius 1 is 1.11 bits per heavy atom. The standard InChI is InChI=1S/C21H24N4O3/c1-13(2)9-16(11-22)24-19(26)15-3-4-17-18(10-15)21(28)25(20(17)27)12-14-5-7-23-8-6-14/h3-8,10,13,16H,9,11-12,22H2,1-2H3,(H,24,26). The van der Waals surface area contributed by atoms with Crippen LogP contribution in [0, 0.1) is 5.92 Å². The van der Waals surface area contributed by atoms with Crippen molar-refractivity contribution in [1.29, 1.82) is 0 Å². The van der Waals surface area contributed by atoms with E-state index in [9.17, 15) is 14.4 Å². The molecule has 7 nitrogen and oxygen atoms in total. The lowest BCUT2D eigenvalue weighted by atomic mass is 10.0. The van der Waals surface area contributed by atoms with Gasteiger partial charge in [-0.2, -0.15) is 0 Å². The normalized spacial score (nSPS) is 14.4. The minimum Gasteiger partial charge on any atom is -0.348 e. The fraction of sp³-hybridized carbons (Fsp3) is 0.333. The number of rotatable bonds is 7. The van der Waals surface area contributed by atoms with Crippen molar-refractivity contribution in [2.75, 3.05) is 6.54 Å². The third-order valence-corrected chi connectivity index (χ3v) is 4.70. The van der Waals surface area contributed by atoms with E-state index in [0.29, 0.717) is 23.6 Å². The van der Waals surface area contributed by atoms with Crippen molar-refractivity contribution in [3.63, 3.8) is 0 Å². The summed E-state index contributed by atoms with van der Waals surface area (Å²) >= 11 is 0. The summed E-state index contributed by atoms with van der Waals surface area (Å²) in [5.74, 6) is -0.658. The molecule has 0 fully saturated rings. The number of nitrogens with one attached hydrogen (secondary N) is 1. The maximum Gasteiger partial charge on any atom is 0.261 e. The van der Waals surface area contributed by atoms with Crippen molar-refractivity contribution < 1.29 is 14.4 Å². The number of fused-ring (bicyclic) bond motifs is 1. The molecule has 2 heterocycles. The van der Waals surface area contributed by atoms with E-state index in [4.69, 9.17) is 5.73 Å². The van der Waals surface area contributed by atoms with E-state index >= 15 is 0 Å². The molecule has 0 saturated carbocycles. The number of carbonyl (C=O) groups excluding carboxylic acids is 3. The van der Waals surface area contributed by atoms with Gasteiger partial charge >= 0.3 is 0 Å². The molecule has 7 heteroatoms. The van der Waals surface area contributed by atoms with Crippen molar-refractivity contribution in [2.45, 2.75) is 32.9 Å². The first kappa shape index (κ1) is 19.7. The summed E-state index contributed by atoms with van der Waals surface area (Å²) in [6.45, 7) is 4.63. The highest BCUT2D eigenvalue weighted by atomic mass is 16.2. The summed E-state index contributed by atoms with van der Waals surface area (Å²) in [6, 6.07) is 7.96. The molecule has 3 amide bonds.